The quantitative estimate of drug-likeness (QED) is 0.512. The van der Waals surface area contributed by atoms with Gasteiger partial charge >= 0.3 is 17.1 Å². The molecule has 3 aromatic rings. The number of benzene rings is 3. The van der Waals surface area contributed by atoms with Crippen molar-refractivity contribution in [2.24, 2.45) is 0 Å². The summed E-state index contributed by atoms with van der Waals surface area (Å²) in [4.78, 5) is 0. The molecule has 0 spiro atoms. The van der Waals surface area contributed by atoms with E-state index in [1.165, 1.54) is 15.9 Å². The van der Waals surface area contributed by atoms with Crippen LogP contribution in [-0.4, -0.2) is 0 Å². The third-order valence-corrected chi connectivity index (χ3v) is 5.92. The third-order valence-electron chi connectivity index (χ3n) is 3.19. The van der Waals surface area contributed by atoms with E-state index in [4.69, 9.17) is 0 Å². The maximum Gasteiger partial charge on any atom is 0.102 e. The topological polar surface area (TPSA) is 0 Å². The Hall–Kier alpha value is -1.39. The fourth-order valence-corrected chi connectivity index (χ4v) is 4.89. The van der Waals surface area contributed by atoms with E-state index in [1.807, 2.05) is 0 Å². The van der Waals surface area contributed by atoms with Gasteiger partial charge in [-0.15, -0.1) is 0 Å². The molecule has 2 heteroatoms. The molecule has 0 amide bonds. The van der Waals surface area contributed by atoms with Gasteiger partial charge in [-0.05, 0) is 36.4 Å². The molecule has 0 N–H and O–H groups in total. The zero-order valence-corrected chi connectivity index (χ0v) is 13.0. The minimum absolute atomic E-state index is 0. The van der Waals surface area contributed by atoms with E-state index in [0.717, 1.165) is 0 Å². The van der Waals surface area contributed by atoms with Crippen LogP contribution in [0.15, 0.2) is 91.0 Å². The first-order valence-corrected chi connectivity index (χ1v) is 7.98. The molecule has 0 saturated heterocycles. The zero-order chi connectivity index (χ0) is 12.9. The fourth-order valence-electron chi connectivity index (χ4n) is 2.31. The minimum Gasteiger partial charge on any atom is -0.0620 e. The van der Waals surface area contributed by atoms with Crippen molar-refractivity contribution in [2.45, 2.75) is 0 Å². The summed E-state index contributed by atoms with van der Waals surface area (Å²) in [5.41, 5.74) is 0. The molecule has 0 unspecified atom stereocenters. The Morgan fingerprint density at radius 1 is 0.400 bits per heavy atom. The number of hydrogen-bond acceptors (Lipinski definition) is 0. The van der Waals surface area contributed by atoms with Crippen molar-refractivity contribution in [1.29, 1.82) is 0 Å². The molecule has 0 bridgehead atoms. The summed E-state index contributed by atoms with van der Waals surface area (Å²) < 4.78 is 0. The first-order valence-electron chi connectivity index (χ1n) is 6.48. The van der Waals surface area contributed by atoms with E-state index in [2.05, 4.69) is 91.0 Å². The monoisotopic (exact) mass is 327 g/mol. The van der Waals surface area contributed by atoms with Gasteiger partial charge in [-0.3, -0.25) is 0 Å². The number of rotatable bonds is 3. The average molecular weight is 328 g/mol. The molecule has 3 aromatic carbocycles. The van der Waals surface area contributed by atoms with E-state index >= 15 is 0 Å². The fraction of sp³-hybridized carbons (Fsp3) is 0. The normalized spacial score (nSPS) is 10.1. The smallest absolute Gasteiger partial charge is 0.0620 e. The van der Waals surface area contributed by atoms with Crippen LogP contribution in [0.5, 0.6) is 0 Å². The molecule has 0 atom stereocenters. The molecule has 0 aliphatic rings. The molecule has 0 nitrogen and oxygen atoms in total. The predicted molar refractivity (Wildman–Crippen MR) is 87.9 cm³/mol. The average Bonchev–Trinajstić information content (AvgIpc) is 2.51. The summed E-state index contributed by atoms with van der Waals surface area (Å²) in [5, 5.41) is 4.31. The Morgan fingerprint density at radius 3 is 0.900 bits per heavy atom. The summed E-state index contributed by atoms with van der Waals surface area (Å²) in [6.07, 6.45) is 0. The maximum atomic E-state index is 2.24. The van der Waals surface area contributed by atoms with Crippen LogP contribution in [0, 0.1) is 0 Å². The molecule has 0 aliphatic heterocycles. The van der Waals surface area contributed by atoms with Crippen molar-refractivity contribution in [3.8, 4) is 0 Å². The van der Waals surface area contributed by atoms with Gasteiger partial charge in [-0.2, -0.15) is 0 Å². The van der Waals surface area contributed by atoms with E-state index in [9.17, 15) is 0 Å². The Balaban J connectivity index is 0.00000147. The predicted octanol–water partition coefficient (Wildman–Crippen LogP) is 2.91. The van der Waals surface area contributed by atoms with Crippen molar-refractivity contribution < 1.29 is 17.1 Å². The molecule has 0 aliphatic carbocycles. The number of hydrogen-bond donors (Lipinski definition) is 0. The second kappa shape index (κ2) is 7.41. The van der Waals surface area contributed by atoms with Gasteiger partial charge in [0.2, 0.25) is 0 Å². The van der Waals surface area contributed by atoms with Gasteiger partial charge < -0.3 is 0 Å². The van der Waals surface area contributed by atoms with Crippen LogP contribution >= 0.6 is 7.92 Å². The van der Waals surface area contributed by atoms with Crippen LogP contribution in [0.1, 0.15) is 0 Å². The van der Waals surface area contributed by atoms with Crippen molar-refractivity contribution in [3.05, 3.63) is 91.0 Å². The van der Waals surface area contributed by atoms with E-state index in [0.29, 0.717) is 0 Å². The van der Waals surface area contributed by atoms with Crippen molar-refractivity contribution in [2.75, 3.05) is 0 Å². The van der Waals surface area contributed by atoms with Crippen LogP contribution in [0.25, 0.3) is 0 Å². The molecule has 0 fully saturated rings. The molecule has 1 radical (unpaired) electrons. The SMILES string of the molecule is [CuH].c1ccc([PH+](c2ccccc2)c2ccccc2)cc1. The Labute approximate surface area is 132 Å². The van der Waals surface area contributed by atoms with Gasteiger partial charge in [0.1, 0.15) is 15.9 Å². The van der Waals surface area contributed by atoms with Gasteiger partial charge in [0.15, 0.2) is 0 Å². The van der Waals surface area contributed by atoms with Crippen molar-refractivity contribution in [1.82, 2.24) is 0 Å². The molecule has 0 aromatic heterocycles. The van der Waals surface area contributed by atoms with E-state index in [-0.39, 0.29) is 17.1 Å². The van der Waals surface area contributed by atoms with Gasteiger partial charge in [-0.25, -0.2) is 0 Å². The standard InChI is InChI=1S/C18H15P.Cu.H/c1-4-10-16(11-5-1)19(17-12-6-2-7-13-17)18-14-8-3-9-15-18;;/h1-15H;;/p+1. The third kappa shape index (κ3) is 3.38. The minimum atomic E-state index is -0.877. The molecule has 3 rings (SSSR count). The molecule has 20 heavy (non-hydrogen) atoms. The molecule has 104 valence electrons. The van der Waals surface area contributed by atoms with Crippen molar-refractivity contribution >= 4 is 23.8 Å². The summed E-state index contributed by atoms with van der Waals surface area (Å²) in [7, 11) is -0.877. The maximum absolute atomic E-state index is 2.24. The van der Waals surface area contributed by atoms with Gasteiger partial charge in [0.05, 0.1) is 7.92 Å². The van der Waals surface area contributed by atoms with Crippen LogP contribution in [0.2, 0.25) is 0 Å². The second-order valence-corrected chi connectivity index (χ2v) is 6.96. The molecular formula is C18H17CuP+. The van der Waals surface area contributed by atoms with E-state index < -0.39 is 7.92 Å². The van der Waals surface area contributed by atoms with Crippen LogP contribution in [0.4, 0.5) is 0 Å². The molecular weight excluding hydrogens is 311 g/mol. The van der Waals surface area contributed by atoms with Gasteiger partial charge in [0, 0.05) is 0 Å². The largest absolute Gasteiger partial charge is 0.102 e. The van der Waals surface area contributed by atoms with Crippen LogP contribution in [0.3, 0.4) is 0 Å². The Kier molecular flexibility index (Phi) is 5.56. The first kappa shape index (κ1) is 15.0. The molecule has 0 heterocycles. The van der Waals surface area contributed by atoms with E-state index in [1.54, 1.807) is 0 Å². The second-order valence-electron chi connectivity index (χ2n) is 4.47. The summed E-state index contributed by atoms with van der Waals surface area (Å²) in [6, 6.07) is 32.5. The van der Waals surface area contributed by atoms with Crippen LogP contribution in [-0.2, 0) is 17.1 Å². The Morgan fingerprint density at radius 2 is 0.650 bits per heavy atom. The summed E-state index contributed by atoms with van der Waals surface area (Å²) in [6.45, 7) is 0. The van der Waals surface area contributed by atoms with Gasteiger partial charge in [0.25, 0.3) is 0 Å². The first-order chi connectivity index (χ1) is 9.45. The Bertz CT molecular complexity index is 529. The molecule has 0 saturated carbocycles. The summed E-state index contributed by atoms with van der Waals surface area (Å²) in [5.74, 6) is 0. The van der Waals surface area contributed by atoms with Gasteiger partial charge in [-0.1, -0.05) is 54.6 Å². The van der Waals surface area contributed by atoms with Crippen molar-refractivity contribution in [3.63, 3.8) is 0 Å². The van der Waals surface area contributed by atoms with Crippen LogP contribution < -0.4 is 15.9 Å². The summed E-state index contributed by atoms with van der Waals surface area (Å²) >= 11 is 0. The zero-order valence-electron chi connectivity index (χ0n) is 11.0.